The van der Waals surface area contributed by atoms with Gasteiger partial charge in [-0.25, -0.2) is 14.8 Å². The van der Waals surface area contributed by atoms with Crippen LogP contribution in [0.25, 0.3) is 22.3 Å². The van der Waals surface area contributed by atoms with Crippen LogP contribution in [0.2, 0.25) is 0 Å². The zero-order valence-corrected chi connectivity index (χ0v) is 26.3. The first-order valence-electron chi connectivity index (χ1n) is 15.5. The number of nitrogens with zero attached hydrogens (tertiary/aromatic N) is 8. The molecule has 4 aromatic rings. The number of para-hydroxylation sites is 1. The topological polar surface area (TPSA) is 147 Å². The fraction of sp³-hybridized carbons (Fsp3) is 0.500. The minimum absolute atomic E-state index is 0.135. The number of likely N-dealkylation sites (tertiary alicyclic amines) is 1. The second-order valence-corrected chi connectivity index (χ2v) is 12.6. The third kappa shape index (κ3) is 6.77. The molecule has 13 nitrogen and oxygen atoms in total. The fourth-order valence-corrected chi connectivity index (χ4v) is 6.03. The number of fused-ring (bicyclic) bond motifs is 1. The lowest BCUT2D eigenvalue weighted by atomic mass is 9.93. The van der Waals surface area contributed by atoms with E-state index in [4.69, 9.17) is 24.9 Å². The van der Waals surface area contributed by atoms with Crippen molar-refractivity contribution in [2.45, 2.75) is 64.0 Å². The normalized spacial score (nSPS) is 16.7. The molecule has 2 fully saturated rings. The van der Waals surface area contributed by atoms with Crippen molar-refractivity contribution in [1.29, 1.82) is 0 Å². The molecule has 0 aliphatic carbocycles. The highest BCUT2D eigenvalue weighted by Crippen LogP contribution is 2.34. The fourth-order valence-electron chi connectivity index (χ4n) is 6.03. The van der Waals surface area contributed by atoms with Crippen molar-refractivity contribution in [2.75, 3.05) is 50.7 Å². The van der Waals surface area contributed by atoms with Crippen molar-refractivity contribution in [3.05, 3.63) is 48.3 Å². The number of rotatable bonds is 7. The van der Waals surface area contributed by atoms with Crippen LogP contribution in [-0.4, -0.2) is 86.6 Å². The Kier molecular flexibility index (Phi) is 8.70. The number of ether oxygens (including phenoxy) is 3. The van der Waals surface area contributed by atoms with Crippen molar-refractivity contribution in [1.82, 2.24) is 34.8 Å². The number of amides is 1. The van der Waals surface area contributed by atoms with Crippen LogP contribution in [0.3, 0.4) is 0 Å². The Morgan fingerprint density at radius 2 is 1.78 bits per heavy atom. The Morgan fingerprint density at radius 3 is 2.51 bits per heavy atom. The van der Waals surface area contributed by atoms with Crippen LogP contribution in [-0.2, 0) is 9.47 Å². The standard InChI is InChI=1S/C32H41N9O4/c1-32(2,3)45-31(42)40-15-10-21(11-16-40)24-9-14-34-30(35-24)39-17-12-22(13-18-39)41-26-19-25(36-37-28(26)29(33)38-41)23-7-5-6-8-27(23)44-20-43-4/h5-9,14,19,21-22H,10-13,15-18,20H2,1-4H3,(H2,33,38). The summed E-state index contributed by atoms with van der Waals surface area (Å²) in [6, 6.07) is 11.8. The van der Waals surface area contributed by atoms with Gasteiger partial charge in [-0.2, -0.15) is 5.10 Å². The van der Waals surface area contributed by atoms with E-state index in [1.54, 1.807) is 12.0 Å². The molecular formula is C32H41N9O4. The van der Waals surface area contributed by atoms with Gasteiger partial charge in [-0.05, 0) is 70.7 Å². The van der Waals surface area contributed by atoms with Crippen molar-refractivity contribution >= 4 is 28.9 Å². The number of hydrogen-bond donors (Lipinski definition) is 1. The average Bonchev–Trinajstić information content (AvgIpc) is 3.38. The Hall–Kier alpha value is -4.52. The SMILES string of the molecule is COCOc1ccccc1-c1cc2c(nn1)c(N)nn2C1CCN(c2nccc(C3CCN(C(=O)OC(C)(C)C)CC3)n2)CC1. The molecule has 6 rings (SSSR count). The number of carbonyl (C=O) groups is 1. The lowest BCUT2D eigenvalue weighted by Gasteiger charge is -2.34. The summed E-state index contributed by atoms with van der Waals surface area (Å²) in [6.07, 6.45) is 4.99. The van der Waals surface area contributed by atoms with Crippen LogP contribution in [0.5, 0.6) is 5.75 Å². The molecule has 1 amide bonds. The summed E-state index contributed by atoms with van der Waals surface area (Å²) in [7, 11) is 1.59. The van der Waals surface area contributed by atoms with Crippen LogP contribution in [0.15, 0.2) is 42.6 Å². The van der Waals surface area contributed by atoms with Gasteiger partial charge in [0, 0.05) is 56.7 Å². The summed E-state index contributed by atoms with van der Waals surface area (Å²) in [5, 5.41) is 13.6. The molecule has 1 aromatic carbocycles. The molecule has 2 aliphatic heterocycles. The van der Waals surface area contributed by atoms with Crippen LogP contribution in [0.4, 0.5) is 16.6 Å². The predicted octanol–water partition coefficient (Wildman–Crippen LogP) is 4.80. The maximum Gasteiger partial charge on any atom is 0.410 e. The minimum Gasteiger partial charge on any atom is -0.467 e. The van der Waals surface area contributed by atoms with Crippen molar-refractivity contribution in [3.63, 3.8) is 0 Å². The Labute approximate surface area is 262 Å². The zero-order valence-electron chi connectivity index (χ0n) is 26.3. The first-order chi connectivity index (χ1) is 21.7. The molecule has 0 radical (unpaired) electrons. The Bertz CT molecular complexity index is 1640. The highest BCUT2D eigenvalue weighted by atomic mass is 16.7. The van der Waals surface area contributed by atoms with Crippen LogP contribution in [0.1, 0.15) is 64.1 Å². The second kappa shape index (κ2) is 12.8. The highest BCUT2D eigenvalue weighted by Gasteiger charge is 2.30. The molecule has 0 spiro atoms. The first-order valence-corrected chi connectivity index (χ1v) is 15.5. The summed E-state index contributed by atoms with van der Waals surface area (Å²) < 4.78 is 18.4. The molecule has 2 N–H and O–H groups in total. The van der Waals surface area contributed by atoms with Gasteiger partial charge < -0.3 is 29.7 Å². The van der Waals surface area contributed by atoms with Gasteiger partial charge >= 0.3 is 6.09 Å². The summed E-state index contributed by atoms with van der Waals surface area (Å²) >= 11 is 0. The van der Waals surface area contributed by atoms with E-state index in [0.29, 0.717) is 35.9 Å². The lowest BCUT2D eigenvalue weighted by molar-refractivity contribution is 0.0204. The van der Waals surface area contributed by atoms with E-state index in [2.05, 4.69) is 25.2 Å². The van der Waals surface area contributed by atoms with Gasteiger partial charge in [-0.3, -0.25) is 4.68 Å². The van der Waals surface area contributed by atoms with Crippen LogP contribution < -0.4 is 15.4 Å². The predicted molar refractivity (Wildman–Crippen MR) is 170 cm³/mol. The molecule has 0 saturated carbocycles. The molecule has 5 heterocycles. The quantitative estimate of drug-likeness (QED) is 0.286. The summed E-state index contributed by atoms with van der Waals surface area (Å²) in [5.74, 6) is 2.05. The number of aromatic nitrogens is 6. The molecular weight excluding hydrogens is 574 g/mol. The van der Waals surface area contributed by atoms with E-state index in [1.807, 2.05) is 68.0 Å². The summed E-state index contributed by atoms with van der Waals surface area (Å²) in [6.45, 7) is 8.69. The number of piperidine rings is 2. The smallest absolute Gasteiger partial charge is 0.410 e. The van der Waals surface area contributed by atoms with E-state index in [9.17, 15) is 4.79 Å². The van der Waals surface area contributed by atoms with Crippen LogP contribution in [0, 0.1) is 0 Å². The van der Waals surface area contributed by atoms with E-state index >= 15 is 0 Å². The number of benzene rings is 1. The van der Waals surface area contributed by atoms with E-state index < -0.39 is 5.60 Å². The maximum atomic E-state index is 12.5. The molecule has 13 heteroatoms. The third-order valence-corrected chi connectivity index (χ3v) is 8.30. The average molecular weight is 616 g/mol. The first kappa shape index (κ1) is 30.5. The van der Waals surface area contributed by atoms with Gasteiger partial charge in [0.2, 0.25) is 5.95 Å². The highest BCUT2D eigenvalue weighted by molar-refractivity contribution is 5.87. The molecule has 3 aromatic heterocycles. The van der Waals surface area contributed by atoms with E-state index in [-0.39, 0.29) is 24.8 Å². The minimum atomic E-state index is -0.497. The number of methoxy groups -OCH3 is 1. The van der Waals surface area contributed by atoms with Gasteiger partial charge in [0.1, 0.15) is 11.4 Å². The second-order valence-electron chi connectivity index (χ2n) is 12.6. The molecule has 238 valence electrons. The Morgan fingerprint density at radius 1 is 1.02 bits per heavy atom. The van der Waals surface area contributed by atoms with Gasteiger partial charge in [0.25, 0.3) is 0 Å². The van der Waals surface area contributed by atoms with Crippen LogP contribution >= 0.6 is 0 Å². The molecule has 0 unspecified atom stereocenters. The molecule has 45 heavy (non-hydrogen) atoms. The molecule has 0 atom stereocenters. The number of anilines is 2. The zero-order chi connectivity index (χ0) is 31.6. The van der Waals surface area contributed by atoms with Crippen molar-refractivity contribution in [2.24, 2.45) is 0 Å². The van der Waals surface area contributed by atoms with Gasteiger partial charge in [-0.15, -0.1) is 10.2 Å². The number of nitrogens with two attached hydrogens (primary N) is 1. The van der Waals surface area contributed by atoms with Crippen molar-refractivity contribution < 1.29 is 19.0 Å². The van der Waals surface area contributed by atoms with Gasteiger partial charge in [-0.1, -0.05) is 12.1 Å². The summed E-state index contributed by atoms with van der Waals surface area (Å²) in [5.41, 5.74) is 9.74. The lowest BCUT2D eigenvalue weighted by Crippen LogP contribution is -2.41. The molecule has 2 aliphatic rings. The Balaban J connectivity index is 1.12. The number of carbonyl (C=O) groups excluding carboxylic acids is 1. The number of nitrogen functional groups attached to an aromatic ring is 1. The maximum absolute atomic E-state index is 12.5. The molecule has 2 saturated heterocycles. The largest absolute Gasteiger partial charge is 0.467 e. The van der Waals surface area contributed by atoms with E-state index in [0.717, 1.165) is 61.5 Å². The third-order valence-electron chi connectivity index (χ3n) is 8.30. The molecule has 0 bridgehead atoms. The van der Waals surface area contributed by atoms with Gasteiger partial charge in [0.05, 0.1) is 17.3 Å². The van der Waals surface area contributed by atoms with Gasteiger partial charge in [0.15, 0.2) is 18.1 Å². The summed E-state index contributed by atoms with van der Waals surface area (Å²) in [4.78, 5) is 26.1. The monoisotopic (exact) mass is 615 g/mol. The van der Waals surface area contributed by atoms with Crippen molar-refractivity contribution in [3.8, 4) is 17.0 Å². The number of hydrogen-bond acceptors (Lipinski definition) is 11. The van der Waals surface area contributed by atoms with E-state index in [1.165, 1.54) is 0 Å².